The Morgan fingerprint density at radius 3 is 2.38 bits per heavy atom. The van der Waals surface area contributed by atoms with Gasteiger partial charge in [0.05, 0.1) is 5.56 Å². The molecule has 0 unspecified atom stereocenters. The molecule has 0 atom stereocenters. The molecule has 0 aromatic heterocycles. The maximum Gasteiger partial charge on any atom is 0.416 e. The molecular formula is C40H38F3N3O2. The van der Waals surface area contributed by atoms with Crippen molar-refractivity contribution in [2.45, 2.75) is 51.9 Å². The predicted molar refractivity (Wildman–Crippen MR) is 185 cm³/mol. The zero-order chi connectivity index (χ0) is 33.7. The van der Waals surface area contributed by atoms with Crippen LogP contribution in [-0.2, 0) is 30.5 Å². The van der Waals surface area contributed by atoms with Gasteiger partial charge in [-0.2, -0.15) is 13.2 Å². The monoisotopic (exact) mass is 649 g/mol. The van der Waals surface area contributed by atoms with Gasteiger partial charge in [-0.05, 0) is 101 Å². The van der Waals surface area contributed by atoms with Crippen molar-refractivity contribution in [3.8, 4) is 11.1 Å². The van der Waals surface area contributed by atoms with Crippen molar-refractivity contribution < 1.29 is 22.8 Å². The fourth-order valence-corrected chi connectivity index (χ4v) is 6.49. The molecule has 5 nitrogen and oxygen atoms in total. The molecule has 1 aliphatic rings. The van der Waals surface area contributed by atoms with Crippen LogP contribution in [0.3, 0.4) is 0 Å². The van der Waals surface area contributed by atoms with Crippen LogP contribution in [0.25, 0.3) is 21.9 Å². The summed E-state index contributed by atoms with van der Waals surface area (Å²) in [4.78, 5) is 28.2. The van der Waals surface area contributed by atoms with E-state index in [4.69, 9.17) is 0 Å². The van der Waals surface area contributed by atoms with Crippen molar-refractivity contribution in [1.82, 2.24) is 10.2 Å². The Labute approximate surface area is 278 Å². The van der Waals surface area contributed by atoms with Crippen molar-refractivity contribution in [1.29, 1.82) is 0 Å². The summed E-state index contributed by atoms with van der Waals surface area (Å²) in [7, 11) is 0. The fourth-order valence-electron chi connectivity index (χ4n) is 6.49. The number of alkyl halides is 3. The highest BCUT2D eigenvalue weighted by atomic mass is 19.4. The van der Waals surface area contributed by atoms with E-state index in [1.165, 1.54) is 39.6 Å². The van der Waals surface area contributed by atoms with E-state index in [9.17, 15) is 22.8 Å². The Morgan fingerprint density at radius 1 is 0.812 bits per heavy atom. The largest absolute Gasteiger partial charge is 0.416 e. The van der Waals surface area contributed by atoms with E-state index in [-0.39, 0.29) is 11.8 Å². The van der Waals surface area contributed by atoms with Crippen molar-refractivity contribution in [3.05, 3.63) is 137 Å². The zero-order valence-electron chi connectivity index (χ0n) is 26.9. The number of nitrogens with zero attached hydrogens (tertiary/aromatic N) is 1. The fraction of sp³-hybridized carbons (Fsp3) is 0.250. The quantitative estimate of drug-likeness (QED) is 0.141. The molecule has 1 aliphatic heterocycles. The molecule has 0 spiro atoms. The lowest BCUT2D eigenvalue weighted by molar-refractivity contribution is -0.137. The van der Waals surface area contributed by atoms with E-state index in [0.29, 0.717) is 35.3 Å². The summed E-state index contributed by atoms with van der Waals surface area (Å²) in [6, 6.07) is 30.3. The molecule has 0 aliphatic carbocycles. The third kappa shape index (κ3) is 7.77. The number of hydrogen-bond donors (Lipinski definition) is 2. The van der Waals surface area contributed by atoms with Crippen molar-refractivity contribution in [2.75, 3.05) is 18.4 Å². The lowest BCUT2D eigenvalue weighted by Gasteiger charge is -2.15. The van der Waals surface area contributed by atoms with Crippen molar-refractivity contribution >= 4 is 28.3 Å². The van der Waals surface area contributed by atoms with Gasteiger partial charge in [0.2, 0.25) is 5.91 Å². The lowest BCUT2D eigenvalue weighted by atomic mass is 9.95. The third-order valence-corrected chi connectivity index (χ3v) is 9.03. The minimum Gasteiger partial charge on any atom is -0.356 e. The molecule has 1 heterocycles. The van der Waals surface area contributed by atoms with Gasteiger partial charge < -0.3 is 10.6 Å². The molecule has 8 heteroatoms. The van der Waals surface area contributed by atoms with Crippen molar-refractivity contribution in [3.63, 3.8) is 0 Å². The Bertz CT molecular complexity index is 1940. The third-order valence-electron chi connectivity index (χ3n) is 9.03. The molecule has 0 bridgehead atoms. The van der Waals surface area contributed by atoms with Gasteiger partial charge in [0.25, 0.3) is 5.91 Å². The molecule has 0 saturated heterocycles. The number of carbonyl (C=O) groups is 2. The van der Waals surface area contributed by atoms with Gasteiger partial charge in [0.1, 0.15) is 0 Å². The molecule has 5 aromatic rings. The lowest BCUT2D eigenvalue weighted by Crippen LogP contribution is -2.27. The van der Waals surface area contributed by atoms with Crippen LogP contribution < -0.4 is 10.6 Å². The number of amides is 2. The van der Waals surface area contributed by atoms with E-state index in [2.05, 4.69) is 52.8 Å². The number of rotatable bonds is 11. The smallest absolute Gasteiger partial charge is 0.356 e. The first-order valence-corrected chi connectivity index (χ1v) is 16.3. The molecule has 0 saturated carbocycles. The molecule has 2 amide bonds. The van der Waals surface area contributed by atoms with Gasteiger partial charge in [0.15, 0.2) is 0 Å². The van der Waals surface area contributed by atoms with Crippen LogP contribution in [0.2, 0.25) is 0 Å². The molecule has 6 rings (SSSR count). The van der Waals surface area contributed by atoms with Gasteiger partial charge in [-0.3, -0.25) is 14.5 Å². The Hall–Kier alpha value is -4.95. The summed E-state index contributed by atoms with van der Waals surface area (Å²) in [5.74, 6) is -0.249. The van der Waals surface area contributed by atoms with E-state index < -0.39 is 11.7 Å². The molecular weight excluding hydrogens is 611 g/mol. The Morgan fingerprint density at radius 2 is 1.56 bits per heavy atom. The SMILES string of the molecule is Cc1ccc2ccccc2c1CCCC(=O)NCCCN1Cc2ccc(NC(=O)c3ccccc3-c3ccc(C(F)(F)F)cc3)cc2C1. The summed E-state index contributed by atoms with van der Waals surface area (Å²) in [6.45, 7) is 5.15. The van der Waals surface area contributed by atoms with Crippen LogP contribution in [0.4, 0.5) is 18.9 Å². The highest BCUT2D eigenvalue weighted by Crippen LogP contribution is 2.32. The minimum absolute atomic E-state index is 0.0814. The average molecular weight is 650 g/mol. The van der Waals surface area contributed by atoms with E-state index in [0.717, 1.165) is 56.6 Å². The van der Waals surface area contributed by atoms with Gasteiger partial charge in [-0.25, -0.2) is 0 Å². The second-order valence-electron chi connectivity index (χ2n) is 12.4. The number of nitrogens with one attached hydrogen (secondary N) is 2. The Kier molecular flexibility index (Phi) is 9.92. The van der Waals surface area contributed by atoms with Crippen LogP contribution in [0, 0.1) is 6.92 Å². The topological polar surface area (TPSA) is 61.4 Å². The second-order valence-corrected chi connectivity index (χ2v) is 12.4. The van der Waals surface area contributed by atoms with Gasteiger partial charge in [0, 0.05) is 43.9 Å². The number of halogens is 3. The van der Waals surface area contributed by atoms with Gasteiger partial charge >= 0.3 is 6.18 Å². The standard InChI is InChI=1S/C40H38F3N3O2/c1-27-14-15-28-8-2-3-9-35(28)34(27)12-6-13-38(47)44-22-7-23-46-25-30-18-21-33(24-31(30)26-46)45-39(48)37-11-5-4-10-36(37)29-16-19-32(20-17-29)40(41,42)43/h2-5,8-11,14-21,24H,6-7,12-13,22-23,25-26H2,1H3,(H,44,47)(H,45,48). The molecule has 0 radical (unpaired) electrons. The number of carbonyl (C=O) groups excluding carboxylic acids is 2. The molecule has 0 fully saturated rings. The van der Waals surface area contributed by atoms with Crippen LogP contribution in [0.1, 0.15) is 57.4 Å². The van der Waals surface area contributed by atoms with E-state index >= 15 is 0 Å². The van der Waals surface area contributed by atoms with Crippen molar-refractivity contribution in [2.24, 2.45) is 0 Å². The molecule has 246 valence electrons. The number of aryl methyl sites for hydroxylation is 2. The van der Waals surface area contributed by atoms with Crippen LogP contribution in [-0.4, -0.2) is 29.8 Å². The first-order chi connectivity index (χ1) is 23.2. The normalized spacial score (nSPS) is 13.0. The summed E-state index contributed by atoms with van der Waals surface area (Å²) >= 11 is 0. The molecule has 5 aromatic carbocycles. The Balaban J connectivity index is 0.960. The number of anilines is 1. The van der Waals surface area contributed by atoms with Crippen LogP contribution in [0.15, 0.2) is 103 Å². The second kappa shape index (κ2) is 14.4. The number of hydrogen-bond acceptors (Lipinski definition) is 3. The first kappa shape index (κ1) is 33.0. The summed E-state index contributed by atoms with van der Waals surface area (Å²) in [5, 5.41) is 8.54. The van der Waals surface area contributed by atoms with Gasteiger partial charge in [-0.1, -0.05) is 72.8 Å². The van der Waals surface area contributed by atoms with Crippen LogP contribution >= 0.6 is 0 Å². The highest BCUT2D eigenvalue weighted by molar-refractivity contribution is 6.08. The predicted octanol–water partition coefficient (Wildman–Crippen LogP) is 8.93. The molecule has 2 N–H and O–H groups in total. The maximum atomic E-state index is 13.3. The van der Waals surface area contributed by atoms with E-state index in [1.54, 1.807) is 24.3 Å². The summed E-state index contributed by atoms with van der Waals surface area (Å²) in [6.07, 6.45) is -1.40. The highest BCUT2D eigenvalue weighted by Gasteiger charge is 2.30. The van der Waals surface area contributed by atoms with E-state index in [1.807, 2.05) is 24.3 Å². The summed E-state index contributed by atoms with van der Waals surface area (Å²) < 4.78 is 39.1. The first-order valence-electron chi connectivity index (χ1n) is 16.3. The summed E-state index contributed by atoms with van der Waals surface area (Å²) in [5.41, 5.74) is 6.32. The molecule has 48 heavy (non-hydrogen) atoms. The number of benzene rings is 5. The maximum absolute atomic E-state index is 13.3. The number of fused-ring (bicyclic) bond motifs is 2. The van der Waals surface area contributed by atoms with Gasteiger partial charge in [-0.15, -0.1) is 0 Å². The minimum atomic E-state index is -4.42. The zero-order valence-corrected chi connectivity index (χ0v) is 26.9. The van der Waals surface area contributed by atoms with Crippen LogP contribution in [0.5, 0.6) is 0 Å². The average Bonchev–Trinajstić information content (AvgIpc) is 3.49.